The van der Waals surface area contributed by atoms with E-state index in [2.05, 4.69) is 48.2 Å². The SMILES string of the molecule is CN=C(NCC(C)(C)N1CC(C)OC(C)C1)NC(C)CCS(C)(=O)=O.I. The highest BCUT2D eigenvalue weighted by atomic mass is 127. The molecule has 1 aliphatic heterocycles. The second-order valence-electron chi connectivity index (χ2n) is 7.86. The molecule has 2 N–H and O–H groups in total. The fraction of sp³-hybridized carbons (Fsp3) is 0.941. The first kappa shape index (κ1) is 25.9. The highest BCUT2D eigenvalue weighted by molar-refractivity contribution is 14.0. The molecule has 0 bridgehead atoms. The first-order valence-corrected chi connectivity index (χ1v) is 11.0. The van der Waals surface area contributed by atoms with E-state index in [1.165, 1.54) is 6.26 Å². The Morgan fingerprint density at radius 3 is 2.31 bits per heavy atom. The normalized spacial score (nSPS) is 23.9. The summed E-state index contributed by atoms with van der Waals surface area (Å²) in [5.41, 5.74) is -0.0418. The summed E-state index contributed by atoms with van der Waals surface area (Å²) in [5.74, 6) is 0.871. The van der Waals surface area contributed by atoms with Gasteiger partial charge in [0.2, 0.25) is 0 Å². The van der Waals surface area contributed by atoms with Crippen molar-refractivity contribution < 1.29 is 13.2 Å². The number of guanidine groups is 1. The van der Waals surface area contributed by atoms with E-state index in [1.807, 2.05) is 6.92 Å². The van der Waals surface area contributed by atoms with Crippen LogP contribution in [0.3, 0.4) is 0 Å². The van der Waals surface area contributed by atoms with Gasteiger partial charge in [-0.15, -0.1) is 24.0 Å². The van der Waals surface area contributed by atoms with Crippen LogP contribution in [0, 0.1) is 0 Å². The third-order valence-electron chi connectivity index (χ3n) is 4.49. The number of hydrogen-bond donors (Lipinski definition) is 2. The molecule has 1 heterocycles. The predicted molar refractivity (Wildman–Crippen MR) is 119 cm³/mol. The van der Waals surface area contributed by atoms with E-state index >= 15 is 0 Å². The molecule has 3 atom stereocenters. The number of ether oxygens (including phenoxy) is 1. The van der Waals surface area contributed by atoms with Gasteiger partial charge in [0.25, 0.3) is 0 Å². The molecule has 0 spiro atoms. The van der Waals surface area contributed by atoms with Gasteiger partial charge in [0.05, 0.1) is 18.0 Å². The molecule has 0 aliphatic carbocycles. The molecule has 0 radical (unpaired) electrons. The summed E-state index contributed by atoms with van der Waals surface area (Å²) < 4.78 is 28.4. The number of halogens is 1. The molecule has 1 aliphatic rings. The van der Waals surface area contributed by atoms with Gasteiger partial charge in [-0.25, -0.2) is 8.42 Å². The van der Waals surface area contributed by atoms with Crippen LogP contribution < -0.4 is 10.6 Å². The number of sulfone groups is 1. The maximum atomic E-state index is 11.3. The quantitative estimate of drug-likeness (QED) is 0.311. The maximum absolute atomic E-state index is 11.3. The third-order valence-corrected chi connectivity index (χ3v) is 5.47. The average Bonchev–Trinajstić information content (AvgIpc) is 2.47. The molecule has 0 aromatic rings. The Morgan fingerprint density at radius 2 is 1.85 bits per heavy atom. The summed E-state index contributed by atoms with van der Waals surface area (Å²) in [5, 5.41) is 6.64. The van der Waals surface area contributed by atoms with E-state index in [4.69, 9.17) is 4.74 Å². The van der Waals surface area contributed by atoms with Crippen molar-refractivity contribution in [1.82, 2.24) is 15.5 Å². The summed E-state index contributed by atoms with van der Waals surface area (Å²) in [6, 6.07) is 0.0347. The van der Waals surface area contributed by atoms with Gasteiger partial charge in [-0.2, -0.15) is 0 Å². The number of morpholine rings is 1. The van der Waals surface area contributed by atoms with Crippen LogP contribution >= 0.6 is 24.0 Å². The second kappa shape index (κ2) is 11.0. The van der Waals surface area contributed by atoms with E-state index in [9.17, 15) is 8.42 Å². The van der Waals surface area contributed by atoms with Gasteiger partial charge in [-0.1, -0.05) is 0 Å². The first-order valence-electron chi connectivity index (χ1n) is 8.98. The Hall–Kier alpha value is -0.130. The Labute approximate surface area is 176 Å². The molecule has 9 heteroatoms. The molecule has 26 heavy (non-hydrogen) atoms. The van der Waals surface area contributed by atoms with E-state index in [0.717, 1.165) is 19.6 Å². The topological polar surface area (TPSA) is 83.0 Å². The molecule has 3 unspecified atom stereocenters. The highest BCUT2D eigenvalue weighted by Crippen LogP contribution is 2.20. The molecule has 1 saturated heterocycles. The lowest BCUT2D eigenvalue weighted by Crippen LogP contribution is -2.59. The van der Waals surface area contributed by atoms with Crippen molar-refractivity contribution in [3.05, 3.63) is 0 Å². The van der Waals surface area contributed by atoms with Gasteiger partial charge in [-0.3, -0.25) is 9.89 Å². The Morgan fingerprint density at radius 1 is 1.31 bits per heavy atom. The van der Waals surface area contributed by atoms with Gasteiger partial charge in [0, 0.05) is 44.5 Å². The van der Waals surface area contributed by atoms with Gasteiger partial charge in [0.1, 0.15) is 9.84 Å². The molecule has 1 rings (SSSR count). The largest absolute Gasteiger partial charge is 0.373 e. The Balaban J connectivity index is 0.00000625. The van der Waals surface area contributed by atoms with Gasteiger partial charge in [0.15, 0.2) is 5.96 Å². The van der Waals surface area contributed by atoms with Crippen LogP contribution in [0.2, 0.25) is 0 Å². The van der Waals surface area contributed by atoms with Crippen LogP contribution in [0.4, 0.5) is 0 Å². The lowest BCUT2D eigenvalue weighted by molar-refractivity contribution is -0.0946. The minimum atomic E-state index is -2.94. The Bertz CT molecular complexity index is 544. The van der Waals surface area contributed by atoms with Crippen molar-refractivity contribution in [3.8, 4) is 0 Å². The molecular weight excluding hydrogens is 467 g/mol. The van der Waals surface area contributed by atoms with Crippen molar-refractivity contribution in [2.75, 3.05) is 38.7 Å². The summed E-state index contributed by atoms with van der Waals surface area (Å²) in [4.78, 5) is 6.70. The molecular formula is C17H37IN4O3S. The van der Waals surface area contributed by atoms with E-state index in [-0.39, 0.29) is 53.5 Å². The minimum Gasteiger partial charge on any atom is -0.373 e. The molecule has 7 nitrogen and oxygen atoms in total. The van der Waals surface area contributed by atoms with Crippen LogP contribution in [0.1, 0.15) is 41.0 Å². The zero-order chi connectivity index (χ0) is 19.3. The number of aliphatic imine (C=N–C) groups is 1. The highest BCUT2D eigenvalue weighted by Gasteiger charge is 2.33. The van der Waals surface area contributed by atoms with Crippen molar-refractivity contribution in [2.45, 2.75) is 64.8 Å². The van der Waals surface area contributed by atoms with Gasteiger partial charge in [-0.05, 0) is 41.0 Å². The van der Waals surface area contributed by atoms with Crippen molar-refractivity contribution in [1.29, 1.82) is 0 Å². The zero-order valence-electron chi connectivity index (χ0n) is 17.2. The minimum absolute atomic E-state index is 0. The summed E-state index contributed by atoms with van der Waals surface area (Å²) in [6.07, 6.45) is 2.29. The average molecular weight is 504 g/mol. The van der Waals surface area contributed by atoms with Crippen LogP contribution in [0.15, 0.2) is 4.99 Å². The lowest BCUT2D eigenvalue weighted by Gasteiger charge is -2.45. The monoisotopic (exact) mass is 504 g/mol. The van der Waals surface area contributed by atoms with Crippen molar-refractivity contribution in [2.24, 2.45) is 4.99 Å². The van der Waals surface area contributed by atoms with E-state index in [0.29, 0.717) is 12.4 Å². The molecule has 0 saturated carbocycles. The summed E-state index contributed by atoms with van der Waals surface area (Å²) in [6.45, 7) is 13.2. The van der Waals surface area contributed by atoms with Crippen LogP contribution in [-0.2, 0) is 14.6 Å². The van der Waals surface area contributed by atoms with Crippen LogP contribution in [0.25, 0.3) is 0 Å². The fourth-order valence-corrected chi connectivity index (χ4v) is 3.76. The maximum Gasteiger partial charge on any atom is 0.191 e. The summed E-state index contributed by atoms with van der Waals surface area (Å²) >= 11 is 0. The fourth-order valence-electron chi connectivity index (χ4n) is 2.98. The van der Waals surface area contributed by atoms with Gasteiger partial charge < -0.3 is 15.4 Å². The van der Waals surface area contributed by atoms with E-state index in [1.54, 1.807) is 7.05 Å². The predicted octanol–water partition coefficient (Wildman–Crippen LogP) is 1.48. The van der Waals surface area contributed by atoms with Crippen LogP contribution in [-0.4, -0.2) is 81.8 Å². The first-order chi connectivity index (χ1) is 11.4. The molecule has 0 amide bonds. The number of hydrogen-bond acceptors (Lipinski definition) is 5. The molecule has 1 fully saturated rings. The third kappa shape index (κ3) is 9.70. The van der Waals surface area contributed by atoms with Crippen molar-refractivity contribution in [3.63, 3.8) is 0 Å². The zero-order valence-corrected chi connectivity index (χ0v) is 20.4. The number of rotatable bonds is 7. The molecule has 0 aromatic heterocycles. The van der Waals surface area contributed by atoms with E-state index < -0.39 is 9.84 Å². The van der Waals surface area contributed by atoms with Gasteiger partial charge >= 0.3 is 0 Å². The summed E-state index contributed by atoms with van der Waals surface area (Å²) in [7, 11) is -1.21. The smallest absolute Gasteiger partial charge is 0.191 e. The Kier molecular flexibility index (Phi) is 11.0. The lowest BCUT2D eigenvalue weighted by atomic mass is 10.00. The second-order valence-corrected chi connectivity index (χ2v) is 10.1. The van der Waals surface area contributed by atoms with Crippen LogP contribution in [0.5, 0.6) is 0 Å². The molecule has 0 aromatic carbocycles. The van der Waals surface area contributed by atoms with Crippen molar-refractivity contribution >= 4 is 39.8 Å². The number of nitrogens with one attached hydrogen (secondary N) is 2. The molecule has 156 valence electrons. The standard InChI is InChI=1S/C17H36N4O3S.HI/c1-13(8-9-25(7,22)23)20-16(18-6)19-12-17(4,5)21-10-14(2)24-15(3)11-21;/h13-15H,8-12H2,1-7H3,(H2,18,19,20);1H. The number of nitrogens with zero attached hydrogens (tertiary/aromatic N) is 2.